The van der Waals surface area contributed by atoms with E-state index in [1.807, 2.05) is 35.2 Å². The predicted octanol–water partition coefficient (Wildman–Crippen LogP) is 1.93. The SMILES string of the molecule is C=CCN(CC=C)[C@@H](Cc1ccccc1)C(=O)N[C@@H](CCCCN)C(=O)N(C)[C@@H](C)C=O. The van der Waals surface area contributed by atoms with Crippen molar-refractivity contribution < 1.29 is 14.4 Å². The summed E-state index contributed by atoms with van der Waals surface area (Å²) in [6.45, 7) is 10.8. The van der Waals surface area contributed by atoms with Gasteiger partial charge in [-0.1, -0.05) is 42.5 Å². The van der Waals surface area contributed by atoms with Gasteiger partial charge in [-0.2, -0.15) is 0 Å². The number of hydrogen-bond donors (Lipinski definition) is 2. The standard InChI is InChI=1S/C25H38N4O3/c1-5-16-29(17-6-2)23(18-21-12-8-7-9-13-21)24(31)27-22(14-10-11-15-26)25(32)28(4)20(3)19-30/h5-9,12-13,19-20,22-23H,1-2,10-11,14-18,26H2,3-4H3,(H,27,31)/t20-,22-,23-/m0/s1. The van der Waals surface area contributed by atoms with Crippen molar-refractivity contribution in [2.45, 2.75) is 50.7 Å². The number of carbonyl (C=O) groups excluding carboxylic acids is 3. The molecule has 0 unspecified atom stereocenters. The molecular weight excluding hydrogens is 404 g/mol. The summed E-state index contributed by atoms with van der Waals surface area (Å²) in [5.74, 6) is -0.525. The van der Waals surface area contributed by atoms with Gasteiger partial charge in [-0.15, -0.1) is 13.2 Å². The van der Waals surface area contributed by atoms with Crippen LogP contribution in [-0.2, 0) is 20.8 Å². The number of hydrogen-bond acceptors (Lipinski definition) is 5. The van der Waals surface area contributed by atoms with Crippen LogP contribution in [0.3, 0.4) is 0 Å². The fourth-order valence-electron chi connectivity index (χ4n) is 3.44. The van der Waals surface area contributed by atoms with Crippen LogP contribution in [0.4, 0.5) is 0 Å². The molecule has 32 heavy (non-hydrogen) atoms. The molecule has 0 spiro atoms. The van der Waals surface area contributed by atoms with Crippen LogP contribution in [0.15, 0.2) is 55.6 Å². The number of likely N-dealkylation sites (N-methyl/N-ethyl adjacent to an activating group) is 1. The third kappa shape index (κ3) is 8.77. The molecule has 0 aliphatic rings. The van der Waals surface area contributed by atoms with E-state index in [0.717, 1.165) is 12.0 Å². The maximum absolute atomic E-state index is 13.5. The first kappa shape index (κ1) is 27.3. The van der Waals surface area contributed by atoms with Crippen molar-refractivity contribution in [2.24, 2.45) is 5.73 Å². The van der Waals surface area contributed by atoms with E-state index in [9.17, 15) is 14.4 Å². The van der Waals surface area contributed by atoms with Gasteiger partial charge in [-0.25, -0.2) is 0 Å². The zero-order chi connectivity index (χ0) is 23.9. The van der Waals surface area contributed by atoms with E-state index in [1.165, 1.54) is 4.90 Å². The van der Waals surface area contributed by atoms with Crippen LogP contribution in [0.1, 0.15) is 31.7 Å². The summed E-state index contributed by atoms with van der Waals surface area (Å²) in [4.78, 5) is 41.0. The van der Waals surface area contributed by atoms with E-state index in [4.69, 9.17) is 5.73 Å². The Hall–Kier alpha value is -2.77. The van der Waals surface area contributed by atoms with Gasteiger partial charge >= 0.3 is 0 Å². The summed E-state index contributed by atoms with van der Waals surface area (Å²) < 4.78 is 0. The molecule has 2 amide bonds. The second kappa shape index (κ2) is 15.1. The number of nitrogens with two attached hydrogens (primary N) is 1. The van der Waals surface area contributed by atoms with Gasteiger partial charge in [-0.3, -0.25) is 14.5 Å². The van der Waals surface area contributed by atoms with E-state index in [0.29, 0.717) is 45.2 Å². The minimum Gasteiger partial charge on any atom is -0.343 e. The van der Waals surface area contributed by atoms with Crippen molar-refractivity contribution in [1.82, 2.24) is 15.1 Å². The molecule has 0 aliphatic heterocycles. The molecule has 1 rings (SSSR count). The maximum Gasteiger partial charge on any atom is 0.245 e. The van der Waals surface area contributed by atoms with E-state index >= 15 is 0 Å². The summed E-state index contributed by atoms with van der Waals surface area (Å²) in [5.41, 5.74) is 6.62. The number of nitrogens with zero attached hydrogens (tertiary/aromatic N) is 2. The number of nitrogens with one attached hydrogen (secondary N) is 1. The van der Waals surface area contributed by atoms with Crippen molar-refractivity contribution in [1.29, 1.82) is 0 Å². The summed E-state index contributed by atoms with van der Waals surface area (Å²) >= 11 is 0. The zero-order valence-electron chi connectivity index (χ0n) is 19.4. The van der Waals surface area contributed by atoms with Crippen molar-refractivity contribution in [3.63, 3.8) is 0 Å². The van der Waals surface area contributed by atoms with Gasteiger partial charge in [-0.05, 0) is 44.7 Å². The second-order valence-corrected chi connectivity index (χ2v) is 7.91. The lowest BCUT2D eigenvalue weighted by Gasteiger charge is -2.32. The predicted molar refractivity (Wildman–Crippen MR) is 129 cm³/mol. The highest BCUT2D eigenvalue weighted by Gasteiger charge is 2.31. The Morgan fingerprint density at radius 3 is 2.28 bits per heavy atom. The molecule has 0 saturated heterocycles. The number of benzene rings is 1. The molecule has 176 valence electrons. The number of unbranched alkanes of at least 4 members (excludes halogenated alkanes) is 1. The first-order valence-electron chi connectivity index (χ1n) is 11.1. The number of aldehydes is 1. The van der Waals surface area contributed by atoms with Crippen LogP contribution in [0.2, 0.25) is 0 Å². The molecule has 7 heteroatoms. The van der Waals surface area contributed by atoms with Crippen LogP contribution >= 0.6 is 0 Å². The van der Waals surface area contributed by atoms with Crippen LogP contribution in [0.5, 0.6) is 0 Å². The Balaban J connectivity index is 3.14. The molecule has 7 nitrogen and oxygen atoms in total. The smallest absolute Gasteiger partial charge is 0.245 e. The quantitative estimate of drug-likeness (QED) is 0.232. The van der Waals surface area contributed by atoms with Crippen LogP contribution in [0.25, 0.3) is 0 Å². The highest BCUT2D eigenvalue weighted by Crippen LogP contribution is 2.13. The van der Waals surface area contributed by atoms with Crippen LogP contribution in [0, 0.1) is 0 Å². The molecule has 1 aromatic carbocycles. The number of amides is 2. The Labute approximate surface area is 192 Å². The van der Waals surface area contributed by atoms with Gasteiger partial charge in [0.25, 0.3) is 0 Å². The normalized spacial score (nSPS) is 13.6. The van der Waals surface area contributed by atoms with Gasteiger partial charge in [0.15, 0.2) is 0 Å². The van der Waals surface area contributed by atoms with Gasteiger partial charge < -0.3 is 20.7 Å². The van der Waals surface area contributed by atoms with Crippen molar-refractivity contribution in [2.75, 3.05) is 26.7 Å². The van der Waals surface area contributed by atoms with Gasteiger partial charge in [0.05, 0.1) is 12.1 Å². The van der Waals surface area contributed by atoms with Crippen molar-refractivity contribution in [3.05, 3.63) is 61.2 Å². The molecule has 1 aromatic rings. The lowest BCUT2D eigenvalue weighted by Crippen LogP contribution is -2.55. The van der Waals surface area contributed by atoms with Gasteiger partial charge in [0.2, 0.25) is 11.8 Å². The van der Waals surface area contributed by atoms with Crippen LogP contribution < -0.4 is 11.1 Å². The molecule has 0 aromatic heterocycles. The third-order valence-corrected chi connectivity index (χ3v) is 5.46. The minimum atomic E-state index is -0.728. The first-order valence-corrected chi connectivity index (χ1v) is 11.1. The average Bonchev–Trinajstić information content (AvgIpc) is 2.81. The minimum absolute atomic E-state index is 0.240. The highest BCUT2D eigenvalue weighted by molar-refractivity contribution is 5.90. The maximum atomic E-state index is 13.5. The van der Waals surface area contributed by atoms with Crippen LogP contribution in [-0.4, -0.2) is 72.7 Å². The average molecular weight is 443 g/mol. The lowest BCUT2D eigenvalue weighted by molar-refractivity contribution is -0.139. The Morgan fingerprint density at radius 1 is 1.12 bits per heavy atom. The molecule has 0 radical (unpaired) electrons. The van der Waals surface area contributed by atoms with E-state index in [1.54, 1.807) is 26.1 Å². The molecule has 3 N–H and O–H groups in total. The summed E-state index contributed by atoms with van der Waals surface area (Å²) in [5, 5.41) is 2.96. The molecule has 0 fully saturated rings. The molecule has 0 saturated carbocycles. The molecule has 3 atom stereocenters. The fourth-order valence-corrected chi connectivity index (χ4v) is 3.44. The third-order valence-electron chi connectivity index (χ3n) is 5.46. The van der Waals surface area contributed by atoms with E-state index in [2.05, 4.69) is 18.5 Å². The summed E-state index contributed by atoms with van der Waals surface area (Å²) in [7, 11) is 1.58. The first-order chi connectivity index (χ1) is 15.4. The molecule has 0 aliphatic carbocycles. The Kier molecular flexibility index (Phi) is 12.9. The van der Waals surface area contributed by atoms with Gasteiger partial charge in [0.1, 0.15) is 12.3 Å². The largest absolute Gasteiger partial charge is 0.343 e. The summed E-state index contributed by atoms with van der Waals surface area (Å²) in [6.07, 6.45) is 6.60. The lowest BCUT2D eigenvalue weighted by atomic mass is 10.0. The zero-order valence-corrected chi connectivity index (χ0v) is 19.4. The van der Waals surface area contributed by atoms with E-state index < -0.39 is 18.1 Å². The molecular formula is C25H38N4O3. The summed E-state index contributed by atoms with van der Waals surface area (Å²) in [6, 6.07) is 7.94. The fraction of sp³-hybridized carbons (Fsp3) is 0.480. The molecule has 0 bridgehead atoms. The molecule has 0 heterocycles. The Bertz CT molecular complexity index is 728. The number of rotatable bonds is 16. The highest BCUT2D eigenvalue weighted by atomic mass is 16.2. The van der Waals surface area contributed by atoms with Crippen molar-refractivity contribution in [3.8, 4) is 0 Å². The van der Waals surface area contributed by atoms with Gasteiger partial charge in [0, 0.05) is 20.1 Å². The monoisotopic (exact) mass is 442 g/mol. The topological polar surface area (TPSA) is 95.7 Å². The number of carbonyl (C=O) groups is 3. The van der Waals surface area contributed by atoms with E-state index in [-0.39, 0.29) is 11.8 Å². The Morgan fingerprint density at radius 2 is 1.75 bits per heavy atom. The second-order valence-electron chi connectivity index (χ2n) is 7.91. The van der Waals surface area contributed by atoms with Crippen molar-refractivity contribution >= 4 is 18.1 Å².